The lowest BCUT2D eigenvalue weighted by Gasteiger charge is -2.09. The van der Waals surface area contributed by atoms with Gasteiger partial charge in [-0.15, -0.1) is 11.3 Å². The number of methoxy groups -OCH3 is 2. The molecule has 0 N–H and O–H groups in total. The monoisotopic (exact) mass is 400 g/mol. The zero-order valence-electron chi connectivity index (χ0n) is 16.2. The Labute approximate surface area is 173 Å². The zero-order chi connectivity index (χ0) is 20.2. The fraction of sp³-hybridized carbons (Fsp3) is 0.0800. The molecule has 0 fully saturated rings. The molecule has 0 spiro atoms. The Hall–Kier alpha value is -3.37. The van der Waals surface area contributed by atoms with Crippen LogP contribution in [0.25, 0.3) is 33.4 Å². The summed E-state index contributed by atoms with van der Waals surface area (Å²) in [6.45, 7) is 0. The largest absolute Gasteiger partial charge is 0.493 e. The number of benzene rings is 3. The van der Waals surface area contributed by atoms with Crippen LogP contribution < -0.4 is 14.9 Å². The van der Waals surface area contributed by atoms with Crippen LogP contribution in [0.5, 0.6) is 11.5 Å². The minimum absolute atomic E-state index is 0.0533. The molecule has 4 rings (SSSR count). The second kappa shape index (κ2) is 8.33. The van der Waals surface area contributed by atoms with E-state index in [0.29, 0.717) is 11.5 Å². The van der Waals surface area contributed by atoms with E-state index in [9.17, 15) is 4.79 Å². The highest BCUT2D eigenvalue weighted by molar-refractivity contribution is 7.19. The lowest BCUT2D eigenvalue weighted by molar-refractivity contribution is 0.355. The first-order chi connectivity index (χ1) is 14.2. The van der Waals surface area contributed by atoms with E-state index in [0.717, 1.165) is 31.7 Å². The second-order valence-corrected chi connectivity index (χ2v) is 7.56. The molecule has 1 heterocycles. The normalized spacial score (nSPS) is 11.1. The Morgan fingerprint density at radius 2 is 1.52 bits per heavy atom. The SMILES string of the molecule is COc1ccc(/C=C/c2sc3ccccc3c(=O)c2-c2ccccc2)cc1OC. The molecule has 0 saturated carbocycles. The molecule has 3 aromatic carbocycles. The molecule has 0 atom stereocenters. The summed E-state index contributed by atoms with van der Waals surface area (Å²) < 4.78 is 11.7. The first kappa shape index (κ1) is 19.0. The van der Waals surface area contributed by atoms with Crippen molar-refractivity contribution in [1.82, 2.24) is 0 Å². The van der Waals surface area contributed by atoms with E-state index in [1.54, 1.807) is 25.6 Å². The van der Waals surface area contributed by atoms with Crippen molar-refractivity contribution in [3.8, 4) is 22.6 Å². The van der Waals surface area contributed by atoms with Crippen molar-refractivity contribution in [1.29, 1.82) is 0 Å². The van der Waals surface area contributed by atoms with Gasteiger partial charge >= 0.3 is 0 Å². The second-order valence-electron chi connectivity index (χ2n) is 6.48. The maximum atomic E-state index is 13.3. The number of ether oxygens (including phenoxy) is 2. The molecule has 4 aromatic rings. The average Bonchev–Trinajstić information content (AvgIpc) is 2.78. The standard InChI is InChI=1S/C25H20O3S/c1-27-20-14-12-17(16-21(20)28-2)13-15-23-24(18-8-4-3-5-9-18)25(26)19-10-6-7-11-22(19)29-23/h3-16H,1-2H3/b15-13+. The molecule has 0 amide bonds. The van der Waals surface area contributed by atoms with Crippen LogP contribution in [-0.2, 0) is 0 Å². The number of rotatable bonds is 5. The van der Waals surface area contributed by atoms with Gasteiger partial charge in [-0.05, 0) is 41.5 Å². The average molecular weight is 400 g/mol. The molecule has 0 radical (unpaired) electrons. The third kappa shape index (κ3) is 3.80. The summed E-state index contributed by atoms with van der Waals surface area (Å²) in [7, 11) is 3.24. The van der Waals surface area contributed by atoms with Gasteiger partial charge in [0.15, 0.2) is 16.9 Å². The van der Waals surface area contributed by atoms with Crippen LogP contribution in [0.15, 0.2) is 77.6 Å². The summed E-state index contributed by atoms with van der Waals surface area (Å²) in [6.07, 6.45) is 4.00. The van der Waals surface area contributed by atoms with E-state index in [4.69, 9.17) is 9.47 Å². The van der Waals surface area contributed by atoms with Crippen molar-refractivity contribution in [2.24, 2.45) is 0 Å². The fourth-order valence-electron chi connectivity index (χ4n) is 3.28. The van der Waals surface area contributed by atoms with E-state index >= 15 is 0 Å². The highest BCUT2D eigenvalue weighted by Crippen LogP contribution is 2.32. The van der Waals surface area contributed by atoms with Crippen LogP contribution in [0.1, 0.15) is 10.4 Å². The quantitative estimate of drug-likeness (QED) is 0.405. The van der Waals surface area contributed by atoms with Crippen LogP contribution >= 0.6 is 11.3 Å². The Kier molecular flexibility index (Phi) is 5.45. The van der Waals surface area contributed by atoms with Crippen molar-refractivity contribution in [2.45, 2.75) is 0 Å². The number of hydrogen-bond acceptors (Lipinski definition) is 4. The van der Waals surface area contributed by atoms with Crippen molar-refractivity contribution >= 4 is 33.6 Å². The first-order valence-corrected chi connectivity index (χ1v) is 10.0. The Morgan fingerprint density at radius 3 is 2.28 bits per heavy atom. The third-order valence-corrected chi connectivity index (χ3v) is 5.86. The predicted molar refractivity (Wildman–Crippen MR) is 122 cm³/mol. The minimum atomic E-state index is 0.0533. The predicted octanol–water partition coefficient (Wildman–Crippen LogP) is 6.12. The maximum Gasteiger partial charge on any atom is 0.196 e. The molecule has 3 nitrogen and oxygen atoms in total. The molecule has 0 aliphatic rings. The molecule has 1 aromatic heterocycles. The van der Waals surface area contributed by atoms with E-state index in [1.807, 2.05) is 84.9 Å². The number of fused-ring (bicyclic) bond motifs is 1. The third-order valence-electron chi connectivity index (χ3n) is 4.72. The molecular weight excluding hydrogens is 380 g/mol. The van der Waals surface area contributed by atoms with Gasteiger partial charge in [0.05, 0.1) is 14.2 Å². The summed E-state index contributed by atoms with van der Waals surface area (Å²) >= 11 is 1.62. The summed E-state index contributed by atoms with van der Waals surface area (Å²) in [4.78, 5) is 14.2. The lowest BCUT2D eigenvalue weighted by Crippen LogP contribution is -2.06. The summed E-state index contributed by atoms with van der Waals surface area (Å²) in [5.74, 6) is 1.36. The summed E-state index contributed by atoms with van der Waals surface area (Å²) in [6, 6.07) is 23.3. The molecule has 144 valence electrons. The van der Waals surface area contributed by atoms with E-state index in [1.165, 1.54) is 0 Å². The van der Waals surface area contributed by atoms with Crippen LogP contribution in [0.3, 0.4) is 0 Å². The van der Waals surface area contributed by atoms with Crippen LogP contribution in [0, 0.1) is 0 Å². The van der Waals surface area contributed by atoms with Crippen molar-refractivity contribution in [3.05, 3.63) is 93.5 Å². The van der Waals surface area contributed by atoms with Gasteiger partial charge in [0.2, 0.25) is 0 Å². The maximum absolute atomic E-state index is 13.3. The molecule has 0 saturated heterocycles. The molecule has 4 heteroatoms. The Bertz CT molecular complexity index is 1240. The van der Waals surface area contributed by atoms with Gasteiger partial charge in [-0.3, -0.25) is 4.79 Å². The molecule has 29 heavy (non-hydrogen) atoms. The lowest BCUT2D eigenvalue weighted by atomic mass is 10.0. The molecule has 0 bridgehead atoms. The fourth-order valence-corrected chi connectivity index (χ4v) is 4.39. The summed E-state index contributed by atoms with van der Waals surface area (Å²) in [5.41, 5.74) is 2.67. The van der Waals surface area contributed by atoms with Gasteiger partial charge < -0.3 is 9.47 Å². The van der Waals surface area contributed by atoms with Gasteiger partial charge in [-0.2, -0.15) is 0 Å². The Morgan fingerprint density at radius 1 is 0.793 bits per heavy atom. The molecule has 0 unspecified atom stereocenters. The zero-order valence-corrected chi connectivity index (χ0v) is 17.0. The highest BCUT2D eigenvalue weighted by atomic mass is 32.1. The van der Waals surface area contributed by atoms with Crippen LogP contribution in [0.4, 0.5) is 0 Å². The Balaban J connectivity index is 1.87. The van der Waals surface area contributed by atoms with Crippen LogP contribution in [0.2, 0.25) is 0 Å². The van der Waals surface area contributed by atoms with Gasteiger partial charge in [0.1, 0.15) is 0 Å². The minimum Gasteiger partial charge on any atom is -0.493 e. The highest BCUT2D eigenvalue weighted by Gasteiger charge is 2.12. The van der Waals surface area contributed by atoms with Gasteiger partial charge in [0, 0.05) is 20.5 Å². The van der Waals surface area contributed by atoms with E-state index in [-0.39, 0.29) is 5.43 Å². The van der Waals surface area contributed by atoms with Crippen molar-refractivity contribution in [2.75, 3.05) is 14.2 Å². The number of hydrogen-bond donors (Lipinski definition) is 0. The molecule has 0 aliphatic heterocycles. The topological polar surface area (TPSA) is 35.5 Å². The molecule has 0 aliphatic carbocycles. The smallest absolute Gasteiger partial charge is 0.196 e. The first-order valence-electron chi connectivity index (χ1n) is 9.22. The van der Waals surface area contributed by atoms with Gasteiger partial charge in [0.25, 0.3) is 0 Å². The van der Waals surface area contributed by atoms with Crippen LogP contribution in [-0.4, -0.2) is 14.2 Å². The van der Waals surface area contributed by atoms with E-state index in [2.05, 4.69) is 0 Å². The van der Waals surface area contributed by atoms with E-state index < -0.39 is 0 Å². The van der Waals surface area contributed by atoms with Gasteiger partial charge in [-0.1, -0.05) is 54.6 Å². The molecular formula is C25H20O3S. The van der Waals surface area contributed by atoms with Crippen molar-refractivity contribution in [3.63, 3.8) is 0 Å². The summed E-state index contributed by atoms with van der Waals surface area (Å²) in [5, 5.41) is 0.750. The van der Waals surface area contributed by atoms with Crippen molar-refractivity contribution < 1.29 is 9.47 Å². The van der Waals surface area contributed by atoms with Gasteiger partial charge in [-0.25, -0.2) is 0 Å².